The van der Waals surface area contributed by atoms with Gasteiger partial charge < -0.3 is 19.7 Å². The Kier molecular flexibility index (Phi) is 8.17. The molecule has 1 aliphatic rings. The number of nitrogens with one attached hydrogen (secondary N) is 1. The minimum absolute atomic E-state index is 0.0974. The van der Waals surface area contributed by atoms with Crippen LogP contribution in [0.1, 0.15) is 18.4 Å². The lowest BCUT2D eigenvalue weighted by Crippen LogP contribution is -2.40. The van der Waals surface area contributed by atoms with Crippen LogP contribution in [0, 0.1) is 5.82 Å². The Balaban J connectivity index is 1.52. The summed E-state index contributed by atoms with van der Waals surface area (Å²) in [6.45, 7) is 1.84. The van der Waals surface area contributed by atoms with Crippen LogP contribution in [0.4, 0.5) is 15.8 Å². The van der Waals surface area contributed by atoms with E-state index in [4.69, 9.17) is 9.47 Å². The second-order valence-corrected chi connectivity index (χ2v) is 10.5. The summed E-state index contributed by atoms with van der Waals surface area (Å²) in [6.07, 6.45) is 2.38. The van der Waals surface area contributed by atoms with E-state index < -0.39 is 28.3 Å². The number of benzene rings is 3. The molecule has 1 heterocycles. The van der Waals surface area contributed by atoms with E-state index >= 15 is 0 Å². The van der Waals surface area contributed by atoms with Crippen molar-refractivity contribution in [3.8, 4) is 11.5 Å². The van der Waals surface area contributed by atoms with Crippen molar-refractivity contribution in [2.24, 2.45) is 0 Å². The van der Waals surface area contributed by atoms with Crippen molar-refractivity contribution in [2.45, 2.75) is 24.3 Å². The Morgan fingerprint density at radius 1 is 0.946 bits per heavy atom. The van der Waals surface area contributed by atoms with Gasteiger partial charge in [0.05, 0.1) is 24.8 Å². The van der Waals surface area contributed by atoms with Crippen molar-refractivity contribution < 1.29 is 27.1 Å². The van der Waals surface area contributed by atoms with E-state index in [2.05, 4.69) is 10.2 Å². The van der Waals surface area contributed by atoms with E-state index in [1.54, 1.807) is 0 Å². The summed E-state index contributed by atoms with van der Waals surface area (Å²) in [6, 6.07) is 17.0. The van der Waals surface area contributed by atoms with E-state index in [0.29, 0.717) is 5.75 Å². The molecular formula is C27H30FN3O5S. The summed E-state index contributed by atoms with van der Waals surface area (Å²) < 4.78 is 52.2. The highest BCUT2D eigenvalue weighted by Crippen LogP contribution is 2.32. The van der Waals surface area contributed by atoms with Crippen LogP contribution in [0.5, 0.6) is 11.5 Å². The molecule has 1 amide bonds. The number of ether oxygens (including phenoxy) is 2. The number of methoxy groups -OCH3 is 2. The maximum absolute atomic E-state index is 13.6. The Bertz CT molecular complexity index is 1330. The largest absolute Gasteiger partial charge is 0.493 e. The predicted octanol–water partition coefficient (Wildman–Crippen LogP) is 3.95. The fraction of sp³-hybridized carbons (Fsp3) is 0.296. The van der Waals surface area contributed by atoms with Gasteiger partial charge in [0.2, 0.25) is 5.91 Å². The van der Waals surface area contributed by atoms with Crippen LogP contribution in [0.15, 0.2) is 71.6 Å². The number of anilines is 2. The molecule has 37 heavy (non-hydrogen) atoms. The molecule has 1 N–H and O–H groups in total. The van der Waals surface area contributed by atoms with E-state index in [9.17, 15) is 17.6 Å². The maximum Gasteiger partial charge on any atom is 0.264 e. The molecular weight excluding hydrogens is 497 g/mol. The van der Waals surface area contributed by atoms with Gasteiger partial charge in [-0.1, -0.05) is 12.1 Å². The van der Waals surface area contributed by atoms with Gasteiger partial charge in [0.25, 0.3) is 10.0 Å². The Morgan fingerprint density at radius 3 is 2.22 bits per heavy atom. The lowest BCUT2D eigenvalue weighted by Gasteiger charge is -2.24. The smallest absolute Gasteiger partial charge is 0.264 e. The highest BCUT2D eigenvalue weighted by atomic mass is 32.2. The van der Waals surface area contributed by atoms with E-state index in [1.165, 1.54) is 57.4 Å². The first-order valence-electron chi connectivity index (χ1n) is 11.9. The zero-order chi connectivity index (χ0) is 26.4. The fourth-order valence-electron chi connectivity index (χ4n) is 4.21. The molecule has 0 spiro atoms. The van der Waals surface area contributed by atoms with Gasteiger partial charge in [-0.25, -0.2) is 12.8 Å². The Labute approximate surface area is 216 Å². The molecule has 3 aromatic carbocycles. The number of amides is 1. The molecule has 8 nitrogen and oxygen atoms in total. The molecule has 10 heteroatoms. The van der Waals surface area contributed by atoms with E-state index in [1.807, 2.05) is 24.3 Å². The Hall–Kier alpha value is -3.79. The first-order chi connectivity index (χ1) is 17.8. The van der Waals surface area contributed by atoms with Crippen molar-refractivity contribution in [3.05, 3.63) is 78.1 Å². The molecule has 0 unspecified atom stereocenters. The van der Waals surface area contributed by atoms with Crippen LogP contribution in [-0.4, -0.2) is 48.2 Å². The Morgan fingerprint density at radius 2 is 1.59 bits per heavy atom. The summed E-state index contributed by atoms with van der Waals surface area (Å²) in [5, 5.41) is 2.79. The highest BCUT2D eigenvalue weighted by Gasteiger charge is 2.28. The summed E-state index contributed by atoms with van der Waals surface area (Å²) in [5.41, 5.74) is 2.20. The topological polar surface area (TPSA) is 88.2 Å². The molecule has 0 saturated carbocycles. The van der Waals surface area contributed by atoms with Crippen LogP contribution in [0.2, 0.25) is 0 Å². The maximum atomic E-state index is 13.6. The molecule has 1 aliphatic heterocycles. The number of hydrogen-bond donors (Lipinski definition) is 1. The highest BCUT2D eigenvalue weighted by molar-refractivity contribution is 7.92. The van der Waals surface area contributed by atoms with Gasteiger partial charge in [0, 0.05) is 31.4 Å². The second-order valence-electron chi connectivity index (χ2n) is 8.64. The number of halogens is 1. The van der Waals surface area contributed by atoms with Gasteiger partial charge in [-0.15, -0.1) is 0 Å². The van der Waals surface area contributed by atoms with Gasteiger partial charge in [-0.3, -0.25) is 9.10 Å². The van der Waals surface area contributed by atoms with Gasteiger partial charge >= 0.3 is 0 Å². The molecule has 0 aromatic heterocycles. The van der Waals surface area contributed by atoms with Gasteiger partial charge in [0.15, 0.2) is 11.5 Å². The lowest BCUT2D eigenvalue weighted by molar-refractivity contribution is -0.119. The predicted molar refractivity (Wildman–Crippen MR) is 140 cm³/mol. The fourth-order valence-corrected chi connectivity index (χ4v) is 5.65. The summed E-state index contributed by atoms with van der Waals surface area (Å²) in [5.74, 6) is -0.432. The van der Waals surface area contributed by atoms with Crippen LogP contribution >= 0.6 is 0 Å². The van der Waals surface area contributed by atoms with Crippen LogP contribution in [-0.2, 0) is 21.4 Å². The van der Waals surface area contributed by atoms with Gasteiger partial charge in [-0.05, 0) is 66.9 Å². The molecule has 4 rings (SSSR count). The molecule has 0 aliphatic carbocycles. The van der Waals surface area contributed by atoms with E-state index in [0.717, 1.165) is 40.8 Å². The van der Waals surface area contributed by atoms with Crippen molar-refractivity contribution >= 4 is 27.3 Å². The van der Waals surface area contributed by atoms with Crippen LogP contribution < -0.4 is 24.0 Å². The van der Waals surface area contributed by atoms with E-state index in [-0.39, 0.29) is 22.9 Å². The SMILES string of the molecule is COc1ccc(S(=O)(=O)N(CC(=O)NCc2ccc(N3CCCC3)cc2)c2ccc(F)cc2)cc1OC. The summed E-state index contributed by atoms with van der Waals surface area (Å²) >= 11 is 0. The first kappa shape index (κ1) is 26.3. The minimum atomic E-state index is -4.21. The number of hydrogen-bond acceptors (Lipinski definition) is 6. The number of nitrogens with zero attached hydrogens (tertiary/aromatic N) is 2. The third kappa shape index (κ3) is 6.14. The van der Waals surface area contributed by atoms with Gasteiger partial charge in [0.1, 0.15) is 12.4 Å². The van der Waals surface area contributed by atoms with Crippen molar-refractivity contribution in [1.29, 1.82) is 0 Å². The normalized spacial score (nSPS) is 13.3. The minimum Gasteiger partial charge on any atom is -0.493 e. The summed E-state index contributed by atoms with van der Waals surface area (Å²) in [7, 11) is -1.36. The van der Waals surface area contributed by atoms with Crippen molar-refractivity contribution in [2.75, 3.05) is 43.1 Å². The standard InChI is InChI=1S/C27H30FN3O5S/c1-35-25-14-13-24(17-26(25)36-2)37(33,34)31(23-11-7-21(28)8-12-23)19-27(32)29-18-20-5-9-22(10-6-20)30-15-3-4-16-30/h5-14,17H,3-4,15-16,18-19H2,1-2H3,(H,29,32). The third-order valence-corrected chi connectivity index (χ3v) is 8.01. The zero-order valence-corrected chi connectivity index (χ0v) is 21.6. The molecule has 1 fully saturated rings. The monoisotopic (exact) mass is 527 g/mol. The van der Waals surface area contributed by atoms with Crippen LogP contribution in [0.25, 0.3) is 0 Å². The number of rotatable bonds is 10. The number of carbonyl (C=O) groups excluding carboxylic acids is 1. The average Bonchev–Trinajstić information content (AvgIpc) is 3.46. The lowest BCUT2D eigenvalue weighted by atomic mass is 10.2. The molecule has 196 valence electrons. The molecule has 3 aromatic rings. The summed E-state index contributed by atoms with van der Waals surface area (Å²) in [4.78, 5) is 15.1. The van der Waals surface area contributed by atoms with Gasteiger partial charge in [-0.2, -0.15) is 0 Å². The average molecular weight is 528 g/mol. The zero-order valence-electron chi connectivity index (χ0n) is 20.8. The quantitative estimate of drug-likeness (QED) is 0.430. The second kappa shape index (κ2) is 11.5. The number of sulfonamides is 1. The molecule has 0 radical (unpaired) electrons. The third-order valence-electron chi connectivity index (χ3n) is 6.24. The molecule has 0 atom stereocenters. The first-order valence-corrected chi connectivity index (χ1v) is 13.4. The van der Waals surface area contributed by atoms with Crippen molar-refractivity contribution in [3.63, 3.8) is 0 Å². The number of carbonyl (C=O) groups is 1. The van der Waals surface area contributed by atoms with Crippen LogP contribution in [0.3, 0.4) is 0 Å². The molecule has 0 bridgehead atoms. The van der Waals surface area contributed by atoms with Crippen molar-refractivity contribution in [1.82, 2.24) is 5.32 Å². The molecule has 1 saturated heterocycles.